The highest BCUT2D eigenvalue weighted by atomic mass is 15.2. The van der Waals surface area contributed by atoms with E-state index < -0.39 is 0 Å². The summed E-state index contributed by atoms with van der Waals surface area (Å²) in [5.74, 6) is 0. The molecule has 0 saturated carbocycles. The van der Waals surface area contributed by atoms with Gasteiger partial charge in [-0.25, -0.2) is 0 Å². The molecule has 1 spiro atoms. The van der Waals surface area contributed by atoms with Crippen LogP contribution < -0.4 is 5.32 Å². The van der Waals surface area contributed by atoms with Crippen LogP contribution in [0.3, 0.4) is 0 Å². The summed E-state index contributed by atoms with van der Waals surface area (Å²) in [6.07, 6.45) is 7.05. The van der Waals surface area contributed by atoms with Crippen LogP contribution in [0.15, 0.2) is 0 Å². The maximum Gasteiger partial charge on any atom is 0.0342 e. The Morgan fingerprint density at radius 2 is 2.08 bits per heavy atom. The maximum atomic E-state index is 3.50. The summed E-state index contributed by atoms with van der Waals surface area (Å²) in [5, 5.41) is 3.50. The largest absolute Gasteiger partial charge is 0.315 e. The topological polar surface area (TPSA) is 15.3 Å². The molecular weight excluding hydrogens is 148 g/mol. The molecule has 0 amide bonds. The van der Waals surface area contributed by atoms with E-state index in [0.29, 0.717) is 5.54 Å². The second kappa shape index (κ2) is 3.35. The van der Waals surface area contributed by atoms with Gasteiger partial charge in [0, 0.05) is 12.1 Å². The van der Waals surface area contributed by atoms with Crippen LogP contribution in [0.5, 0.6) is 0 Å². The van der Waals surface area contributed by atoms with E-state index >= 15 is 0 Å². The molecule has 0 bridgehead atoms. The zero-order chi connectivity index (χ0) is 8.44. The summed E-state index contributed by atoms with van der Waals surface area (Å²) in [6, 6.07) is 0. The van der Waals surface area contributed by atoms with Gasteiger partial charge in [0.2, 0.25) is 0 Å². The molecule has 2 rings (SSSR count). The van der Waals surface area contributed by atoms with Crippen molar-refractivity contribution in [2.24, 2.45) is 0 Å². The molecule has 1 atom stereocenters. The van der Waals surface area contributed by atoms with Crippen molar-refractivity contribution in [1.82, 2.24) is 10.2 Å². The zero-order valence-corrected chi connectivity index (χ0v) is 8.10. The highest BCUT2D eigenvalue weighted by molar-refractivity contribution is 4.97. The predicted octanol–water partition coefficient (Wildman–Crippen LogP) is 1.22. The van der Waals surface area contributed by atoms with Crippen LogP contribution in [-0.4, -0.2) is 37.1 Å². The van der Waals surface area contributed by atoms with Crippen LogP contribution >= 0.6 is 0 Å². The quantitative estimate of drug-likeness (QED) is 0.585. The van der Waals surface area contributed by atoms with E-state index in [0.717, 1.165) is 0 Å². The van der Waals surface area contributed by atoms with E-state index in [4.69, 9.17) is 0 Å². The van der Waals surface area contributed by atoms with Crippen molar-refractivity contribution < 1.29 is 0 Å². The Hall–Kier alpha value is -0.0800. The standard InChI is InChI=1S/C10H20N2/c1-12-8-4-2-3-5-10(12)6-7-11-9-10/h11H,2-9H2,1H3. The van der Waals surface area contributed by atoms with E-state index in [1.54, 1.807) is 0 Å². The van der Waals surface area contributed by atoms with Crippen LogP contribution in [-0.2, 0) is 0 Å². The van der Waals surface area contributed by atoms with Gasteiger partial charge in [0.25, 0.3) is 0 Å². The minimum atomic E-state index is 0.538. The molecule has 2 fully saturated rings. The van der Waals surface area contributed by atoms with Gasteiger partial charge >= 0.3 is 0 Å². The number of likely N-dealkylation sites (tertiary alicyclic amines) is 1. The fourth-order valence-corrected chi connectivity index (χ4v) is 2.68. The predicted molar refractivity (Wildman–Crippen MR) is 51.3 cm³/mol. The second-order valence-corrected chi connectivity index (χ2v) is 4.38. The Labute approximate surface area is 75.3 Å². The van der Waals surface area contributed by atoms with Gasteiger partial charge in [-0.1, -0.05) is 12.8 Å². The molecule has 1 N–H and O–H groups in total. The Bertz CT molecular complexity index is 150. The molecule has 2 saturated heterocycles. The summed E-state index contributed by atoms with van der Waals surface area (Å²) in [7, 11) is 2.30. The molecule has 0 aromatic carbocycles. The van der Waals surface area contributed by atoms with Crippen molar-refractivity contribution in [2.45, 2.75) is 37.6 Å². The number of likely N-dealkylation sites (N-methyl/N-ethyl adjacent to an activating group) is 1. The molecule has 0 radical (unpaired) electrons. The minimum Gasteiger partial charge on any atom is -0.315 e. The highest BCUT2D eigenvalue weighted by Crippen LogP contribution is 2.30. The van der Waals surface area contributed by atoms with E-state index in [1.165, 1.54) is 51.7 Å². The van der Waals surface area contributed by atoms with Crippen molar-refractivity contribution in [2.75, 3.05) is 26.7 Å². The fraction of sp³-hybridized carbons (Fsp3) is 1.00. The van der Waals surface area contributed by atoms with Crippen molar-refractivity contribution in [3.05, 3.63) is 0 Å². The van der Waals surface area contributed by atoms with Crippen LogP contribution in [0.2, 0.25) is 0 Å². The number of nitrogens with zero attached hydrogens (tertiary/aromatic N) is 1. The Morgan fingerprint density at radius 3 is 2.83 bits per heavy atom. The van der Waals surface area contributed by atoms with E-state index in [1.807, 2.05) is 0 Å². The lowest BCUT2D eigenvalue weighted by Gasteiger charge is -2.36. The van der Waals surface area contributed by atoms with Crippen molar-refractivity contribution in [3.63, 3.8) is 0 Å². The number of hydrogen-bond donors (Lipinski definition) is 1. The van der Waals surface area contributed by atoms with Crippen molar-refractivity contribution in [1.29, 1.82) is 0 Å². The van der Waals surface area contributed by atoms with Gasteiger partial charge in [0.1, 0.15) is 0 Å². The summed E-state index contributed by atoms with van der Waals surface area (Å²) in [6.45, 7) is 3.76. The third-order valence-corrected chi connectivity index (χ3v) is 3.67. The molecular formula is C10H20N2. The molecule has 12 heavy (non-hydrogen) atoms. The third kappa shape index (κ3) is 1.38. The first-order valence-corrected chi connectivity index (χ1v) is 5.25. The van der Waals surface area contributed by atoms with Gasteiger partial charge < -0.3 is 5.32 Å². The first kappa shape index (κ1) is 8.52. The Morgan fingerprint density at radius 1 is 1.17 bits per heavy atom. The van der Waals surface area contributed by atoms with Crippen LogP contribution in [0, 0.1) is 0 Å². The molecule has 2 aliphatic rings. The van der Waals surface area contributed by atoms with E-state index in [9.17, 15) is 0 Å². The van der Waals surface area contributed by atoms with Crippen LogP contribution in [0.1, 0.15) is 32.1 Å². The van der Waals surface area contributed by atoms with Gasteiger partial charge in [0.15, 0.2) is 0 Å². The SMILES string of the molecule is CN1CCCCCC12CCNC2. The van der Waals surface area contributed by atoms with Crippen molar-refractivity contribution in [3.8, 4) is 0 Å². The molecule has 1 unspecified atom stereocenters. The number of nitrogens with one attached hydrogen (secondary N) is 1. The molecule has 2 heteroatoms. The lowest BCUT2D eigenvalue weighted by atomic mass is 9.91. The lowest BCUT2D eigenvalue weighted by molar-refractivity contribution is 0.140. The lowest BCUT2D eigenvalue weighted by Crippen LogP contribution is -2.47. The van der Waals surface area contributed by atoms with Gasteiger partial charge in [-0.05, 0) is 39.4 Å². The molecule has 0 aromatic heterocycles. The summed E-state index contributed by atoms with van der Waals surface area (Å²) >= 11 is 0. The molecule has 2 aliphatic heterocycles. The molecule has 2 nitrogen and oxygen atoms in total. The maximum absolute atomic E-state index is 3.50. The first-order chi connectivity index (χ1) is 5.83. The van der Waals surface area contributed by atoms with Crippen LogP contribution in [0.4, 0.5) is 0 Å². The smallest absolute Gasteiger partial charge is 0.0342 e. The summed E-state index contributed by atoms with van der Waals surface area (Å²) < 4.78 is 0. The third-order valence-electron chi connectivity index (χ3n) is 3.67. The Balaban J connectivity index is 2.08. The van der Waals surface area contributed by atoms with Gasteiger partial charge in [0.05, 0.1) is 0 Å². The fourth-order valence-electron chi connectivity index (χ4n) is 2.68. The average Bonchev–Trinajstić information content (AvgIpc) is 2.45. The number of rotatable bonds is 0. The van der Waals surface area contributed by atoms with Gasteiger partial charge in [-0.15, -0.1) is 0 Å². The Kier molecular flexibility index (Phi) is 2.37. The minimum absolute atomic E-state index is 0.538. The van der Waals surface area contributed by atoms with Crippen LogP contribution in [0.25, 0.3) is 0 Å². The molecule has 0 aliphatic carbocycles. The summed E-state index contributed by atoms with van der Waals surface area (Å²) in [4.78, 5) is 2.60. The van der Waals surface area contributed by atoms with Crippen molar-refractivity contribution >= 4 is 0 Å². The second-order valence-electron chi connectivity index (χ2n) is 4.38. The van der Waals surface area contributed by atoms with E-state index in [2.05, 4.69) is 17.3 Å². The van der Waals surface area contributed by atoms with E-state index in [-0.39, 0.29) is 0 Å². The highest BCUT2D eigenvalue weighted by Gasteiger charge is 2.37. The van der Waals surface area contributed by atoms with Gasteiger partial charge in [-0.2, -0.15) is 0 Å². The summed E-state index contributed by atoms with van der Waals surface area (Å²) in [5.41, 5.74) is 0.538. The monoisotopic (exact) mass is 168 g/mol. The first-order valence-electron chi connectivity index (χ1n) is 5.25. The molecule has 70 valence electrons. The zero-order valence-electron chi connectivity index (χ0n) is 8.10. The average molecular weight is 168 g/mol. The van der Waals surface area contributed by atoms with Gasteiger partial charge in [-0.3, -0.25) is 4.90 Å². The molecule has 0 aromatic rings. The normalized spacial score (nSPS) is 38.8. The number of hydrogen-bond acceptors (Lipinski definition) is 2. The molecule has 2 heterocycles.